The highest BCUT2D eigenvalue weighted by Crippen LogP contribution is 2.26. The molecule has 0 fully saturated rings. The van der Waals surface area contributed by atoms with Crippen LogP contribution >= 0.6 is 0 Å². The number of nitrogens with two attached hydrogens (primary N) is 1. The van der Waals surface area contributed by atoms with E-state index in [0.717, 1.165) is 5.56 Å². The van der Waals surface area contributed by atoms with Crippen molar-refractivity contribution in [2.75, 3.05) is 0 Å². The van der Waals surface area contributed by atoms with Crippen LogP contribution in [0.2, 0.25) is 0 Å². The van der Waals surface area contributed by atoms with Gasteiger partial charge in [-0.05, 0) is 31.5 Å². The highest BCUT2D eigenvalue weighted by molar-refractivity contribution is 5.55. The molecule has 2 heterocycles. The lowest BCUT2D eigenvalue weighted by Gasteiger charge is -2.21. The third-order valence-electron chi connectivity index (χ3n) is 3.78. The molecular formula is C17H18FN5O3. The van der Waals surface area contributed by atoms with Gasteiger partial charge in [0.05, 0.1) is 12.0 Å². The summed E-state index contributed by atoms with van der Waals surface area (Å²) in [4.78, 5) is 16.5. The van der Waals surface area contributed by atoms with Gasteiger partial charge in [-0.1, -0.05) is 12.1 Å². The minimum Gasteiger partial charge on any atom is -0.501 e. The minimum atomic E-state index is -0.923. The van der Waals surface area contributed by atoms with Gasteiger partial charge < -0.3 is 15.3 Å². The van der Waals surface area contributed by atoms with Gasteiger partial charge in [0.15, 0.2) is 5.69 Å². The number of halogens is 1. The molecule has 0 amide bonds. The van der Waals surface area contributed by atoms with Crippen LogP contribution in [-0.2, 0) is 19.0 Å². The fraction of sp³-hybridized carbons (Fsp3) is 0.294. The van der Waals surface area contributed by atoms with Gasteiger partial charge in [-0.15, -0.1) is 10.2 Å². The van der Waals surface area contributed by atoms with E-state index in [4.69, 9.17) is 10.2 Å². The van der Waals surface area contributed by atoms with E-state index in [1.807, 2.05) is 0 Å². The van der Waals surface area contributed by atoms with Gasteiger partial charge >= 0.3 is 0 Å². The first kappa shape index (κ1) is 17.7. The van der Waals surface area contributed by atoms with Crippen LogP contribution in [0, 0.1) is 5.82 Å². The lowest BCUT2D eigenvalue weighted by molar-refractivity contribution is 0.429. The van der Waals surface area contributed by atoms with Crippen molar-refractivity contribution in [3.63, 3.8) is 0 Å². The van der Waals surface area contributed by atoms with Crippen LogP contribution in [0.5, 0.6) is 5.75 Å². The molecule has 3 aromatic rings. The quantitative estimate of drug-likeness (QED) is 0.723. The third kappa shape index (κ3) is 3.33. The van der Waals surface area contributed by atoms with Gasteiger partial charge in [-0.3, -0.25) is 9.36 Å². The molecule has 136 valence electrons. The van der Waals surface area contributed by atoms with Crippen LogP contribution in [0.3, 0.4) is 0 Å². The van der Waals surface area contributed by atoms with Gasteiger partial charge in [0.2, 0.25) is 11.6 Å². The predicted octanol–water partition coefficient (Wildman–Crippen LogP) is 1.46. The van der Waals surface area contributed by atoms with E-state index in [-0.39, 0.29) is 35.5 Å². The zero-order valence-corrected chi connectivity index (χ0v) is 14.5. The first-order valence-electron chi connectivity index (χ1n) is 7.83. The molecule has 9 heteroatoms. The van der Waals surface area contributed by atoms with Crippen molar-refractivity contribution in [2.45, 2.75) is 25.8 Å². The molecule has 0 aliphatic carbocycles. The number of benzene rings is 1. The van der Waals surface area contributed by atoms with Crippen molar-refractivity contribution >= 4 is 0 Å². The van der Waals surface area contributed by atoms with Crippen LogP contribution in [0.1, 0.15) is 31.1 Å². The first-order valence-corrected chi connectivity index (χ1v) is 7.83. The number of aromatic hydroxyl groups is 1. The summed E-state index contributed by atoms with van der Waals surface area (Å²) in [6.45, 7) is 3.37. The normalized spacial score (nSPS) is 11.7. The van der Waals surface area contributed by atoms with Crippen molar-refractivity contribution < 1.29 is 13.9 Å². The summed E-state index contributed by atoms with van der Waals surface area (Å²) in [5.74, 6) is -0.540. The predicted molar refractivity (Wildman–Crippen MR) is 90.9 cm³/mol. The Kier molecular flexibility index (Phi) is 4.33. The number of hydrogen-bond acceptors (Lipinski definition) is 7. The van der Waals surface area contributed by atoms with Crippen molar-refractivity contribution in [1.29, 1.82) is 0 Å². The van der Waals surface area contributed by atoms with E-state index in [1.54, 1.807) is 26.0 Å². The van der Waals surface area contributed by atoms with E-state index in [0.29, 0.717) is 0 Å². The molecule has 3 N–H and O–H groups in total. The van der Waals surface area contributed by atoms with E-state index in [2.05, 4.69) is 15.2 Å². The molecule has 0 unspecified atom stereocenters. The summed E-state index contributed by atoms with van der Waals surface area (Å²) in [5.41, 5.74) is 5.10. The molecule has 0 saturated carbocycles. The Labute approximate surface area is 148 Å². The van der Waals surface area contributed by atoms with Crippen LogP contribution in [-0.4, -0.2) is 24.9 Å². The molecule has 8 nitrogen and oxygen atoms in total. The molecule has 26 heavy (non-hydrogen) atoms. The second kappa shape index (κ2) is 6.34. The molecule has 0 bridgehead atoms. The van der Waals surface area contributed by atoms with Crippen molar-refractivity contribution in [3.05, 3.63) is 57.7 Å². The average Bonchev–Trinajstić information content (AvgIpc) is 3.02. The summed E-state index contributed by atoms with van der Waals surface area (Å²) < 4.78 is 19.7. The lowest BCUT2D eigenvalue weighted by Crippen LogP contribution is -2.37. The molecule has 0 atom stereocenters. The zero-order valence-electron chi connectivity index (χ0n) is 14.5. The molecular weight excluding hydrogens is 341 g/mol. The number of nitrogens with zero attached hydrogens (tertiary/aromatic N) is 4. The molecule has 1 aromatic carbocycles. The van der Waals surface area contributed by atoms with Gasteiger partial charge in [0.1, 0.15) is 11.6 Å². The molecule has 0 aliphatic rings. The van der Waals surface area contributed by atoms with Crippen molar-refractivity contribution in [2.24, 2.45) is 12.8 Å². The largest absolute Gasteiger partial charge is 0.501 e. The Hall–Kier alpha value is -3.07. The van der Waals surface area contributed by atoms with Crippen molar-refractivity contribution in [1.82, 2.24) is 19.7 Å². The number of aromatic nitrogens is 4. The standard InChI is InChI=1S/C17H18FN5O3/c1-17(2,19)16-20-12(13(24)15(25)23(16)3)14-22-21-11(26-14)8-9-4-6-10(18)7-5-9/h4-7,24H,8,19H2,1-3H3. The molecule has 0 aliphatic heterocycles. The van der Waals surface area contributed by atoms with Crippen LogP contribution in [0.4, 0.5) is 4.39 Å². The van der Waals surface area contributed by atoms with Crippen LogP contribution < -0.4 is 11.3 Å². The fourth-order valence-corrected chi connectivity index (χ4v) is 2.51. The maximum Gasteiger partial charge on any atom is 0.296 e. The smallest absolute Gasteiger partial charge is 0.296 e. The summed E-state index contributed by atoms with van der Waals surface area (Å²) in [6.07, 6.45) is 0.272. The van der Waals surface area contributed by atoms with Crippen LogP contribution in [0.15, 0.2) is 33.5 Å². The Morgan fingerprint density at radius 1 is 1.27 bits per heavy atom. The summed E-state index contributed by atoms with van der Waals surface area (Å²) in [7, 11) is 1.47. The maximum absolute atomic E-state index is 13.0. The Balaban J connectivity index is 2.00. The average molecular weight is 359 g/mol. The number of rotatable bonds is 4. The molecule has 3 rings (SSSR count). The minimum absolute atomic E-state index is 0.0946. The maximum atomic E-state index is 13.0. The number of hydrogen-bond donors (Lipinski definition) is 2. The SMILES string of the molecule is Cn1c(C(C)(C)N)nc(-c2nnc(Cc3ccc(F)cc3)o2)c(O)c1=O. The Morgan fingerprint density at radius 3 is 2.54 bits per heavy atom. The van der Waals surface area contributed by atoms with E-state index < -0.39 is 16.8 Å². The van der Waals surface area contributed by atoms with E-state index >= 15 is 0 Å². The molecule has 0 saturated heterocycles. The first-order chi connectivity index (χ1) is 12.2. The fourth-order valence-electron chi connectivity index (χ4n) is 2.51. The molecule has 0 spiro atoms. The van der Waals surface area contributed by atoms with Gasteiger partial charge in [-0.25, -0.2) is 9.37 Å². The van der Waals surface area contributed by atoms with Gasteiger partial charge in [0, 0.05) is 7.05 Å². The zero-order chi connectivity index (χ0) is 19.1. The summed E-state index contributed by atoms with van der Waals surface area (Å²) in [5, 5.41) is 17.9. The monoisotopic (exact) mass is 359 g/mol. The second-order valence-corrected chi connectivity index (χ2v) is 6.52. The van der Waals surface area contributed by atoms with Crippen molar-refractivity contribution in [3.8, 4) is 17.3 Å². The molecule has 2 aromatic heterocycles. The Bertz CT molecular complexity index is 1000. The highest BCUT2D eigenvalue weighted by Gasteiger charge is 2.26. The van der Waals surface area contributed by atoms with Gasteiger partial charge in [-0.2, -0.15) is 0 Å². The van der Waals surface area contributed by atoms with E-state index in [9.17, 15) is 14.3 Å². The topological polar surface area (TPSA) is 120 Å². The summed E-state index contributed by atoms with van der Waals surface area (Å²) >= 11 is 0. The van der Waals surface area contributed by atoms with Gasteiger partial charge in [0.25, 0.3) is 11.4 Å². The molecule has 0 radical (unpaired) electrons. The second-order valence-electron chi connectivity index (χ2n) is 6.52. The lowest BCUT2D eigenvalue weighted by atomic mass is 10.1. The van der Waals surface area contributed by atoms with Crippen LogP contribution in [0.25, 0.3) is 11.6 Å². The highest BCUT2D eigenvalue weighted by atomic mass is 19.1. The third-order valence-corrected chi connectivity index (χ3v) is 3.78. The Morgan fingerprint density at radius 2 is 1.92 bits per heavy atom. The summed E-state index contributed by atoms with van der Waals surface area (Å²) in [6, 6.07) is 5.86. The van der Waals surface area contributed by atoms with E-state index in [1.165, 1.54) is 23.7 Å².